The van der Waals surface area contributed by atoms with Crippen LogP contribution in [0.4, 0.5) is 5.69 Å². The van der Waals surface area contributed by atoms with E-state index in [1.807, 2.05) is 54.9 Å². The van der Waals surface area contributed by atoms with E-state index in [1.165, 1.54) is 11.8 Å². The van der Waals surface area contributed by atoms with Crippen LogP contribution < -0.4 is 15.5 Å². The van der Waals surface area contributed by atoms with E-state index in [-0.39, 0.29) is 11.9 Å². The van der Waals surface area contributed by atoms with Gasteiger partial charge in [-0.3, -0.25) is 4.79 Å². The Labute approximate surface area is 177 Å². The van der Waals surface area contributed by atoms with Crippen LogP contribution in [0.15, 0.2) is 47.6 Å². The number of carbonyl (C=O) groups excluding carboxylic acids is 1. The summed E-state index contributed by atoms with van der Waals surface area (Å²) >= 11 is 7.58. The van der Waals surface area contributed by atoms with Crippen molar-refractivity contribution in [3.05, 3.63) is 64.4 Å². The predicted molar refractivity (Wildman–Crippen MR) is 114 cm³/mol. The van der Waals surface area contributed by atoms with Gasteiger partial charge in [-0.05, 0) is 49.2 Å². The number of ether oxygens (including phenoxy) is 1. The van der Waals surface area contributed by atoms with Crippen molar-refractivity contribution >= 4 is 35.0 Å². The molecule has 0 radical (unpaired) electrons. The molecule has 2 heterocycles. The number of methoxy groups -OCH3 is 1. The van der Waals surface area contributed by atoms with Gasteiger partial charge >= 0.3 is 0 Å². The van der Waals surface area contributed by atoms with Gasteiger partial charge in [0, 0.05) is 10.7 Å². The summed E-state index contributed by atoms with van der Waals surface area (Å²) in [6, 6.07) is 12.8. The van der Waals surface area contributed by atoms with Gasteiger partial charge < -0.3 is 15.5 Å². The monoisotopic (exact) mass is 429 g/mol. The summed E-state index contributed by atoms with van der Waals surface area (Å²) in [7, 11) is 1.63. The molecule has 7 nitrogen and oxygen atoms in total. The molecule has 0 saturated carbocycles. The number of hydrogen-bond donors (Lipinski definition) is 2. The number of aryl methyl sites for hydroxylation is 1. The number of fused-ring (bicyclic) bond motifs is 1. The third-order valence-corrected chi connectivity index (χ3v) is 6.48. The van der Waals surface area contributed by atoms with E-state index >= 15 is 0 Å². The number of nitrogens with zero attached hydrogens (tertiary/aromatic N) is 3. The lowest BCUT2D eigenvalue weighted by molar-refractivity contribution is -0.116. The van der Waals surface area contributed by atoms with Crippen LogP contribution in [0.1, 0.15) is 23.0 Å². The number of amides is 1. The molecule has 1 aliphatic rings. The van der Waals surface area contributed by atoms with Crippen molar-refractivity contribution in [2.45, 2.75) is 30.3 Å². The molecule has 0 unspecified atom stereocenters. The molecule has 0 fully saturated rings. The number of halogens is 1. The normalized spacial score (nSPS) is 17.9. The molecule has 1 amide bonds. The zero-order chi connectivity index (χ0) is 20.5. The second-order valence-electron chi connectivity index (χ2n) is 6.69. The maximum absolute atomic E-state index is 13.3. The Kier molecular flexibility index (Phi) is 5.38. The first-order valence-corrected chi connectivity index (χ1v) is 10.3. The summed E-state index contributed by atoms with van der Waals surface area (Å²) in [6.45, 7) is 3.75. The van der Waals surface area contributed by atoms with Crippen molar-refractivity contribution in [2.24, 2.45) is 0 Å². The van der Waals surface area contributed by atoms with E-state index < -0.39 is 5.25 Å². The molecule has 29 heavy (non-hydrogen) atoms. The number of hydrogen-bond acceptors (Lipinski definition) is 6. The highest BCUT2D eigenvalue weighted by Crippen LogP contribution is 2.38. The smallest absolute Gasteiger partial charge is 0.240 e. The maximum Gasteiger partial charge on any atom is 0.240 e. The minimum atomic E-state index is -0.460. The van der Waals surface area contributed by atoms with Gasteiger partial charge in [0.2, 0.25) is 11.1 Å². The van der Waals surface area contributed by atoms with E-state index in [9.17, 15) is 4.79 Å². The van der Waals surface area contributed by atoms with Gasteiger partial charge in [-0.25, -0.2) is 4.68 Å². The molecular weight excluding hydrogens is 410 g/mol. The quantitative estimate of drug-likeness (QED) is 0.653. The third-order valence-electron chi connectivity index (χ3n) is 4.86. The van der Waals surface area contributed by atoms with Gasteiger partial charge in [0.05, 0.1) is 13.2 Å². The van der Waals surface area contributed by atoms with Crippen LogP contribution in [0.5, 0.6) is 5.75 Å². The van der Waals surface area contributed by atoms with Gasteiger partial charge in [0.1, 0.15) is 16.8 Å². The molecular formula is C20H20ClN5O2S. The topological polar surface area (TPSA) is 81.1 Å². The molecule has 2 aromatic carbocycles. The predicted octanol–water partition coefficient (Wildman–Crippen LogP) is 3.95. The van der Waals surface area contributed by atoms with E-state index in [4.69, 9.17) is 16.3 Å². The zero-order valence-electron chi connectivity index (χ0n) is 16.1. The van der Waals surface area contributed by atoms with Gasteiger partial charge in [0.15, 0.2) is 0 Å². The highest BCUT2D eigenvalue weighted by molar-refractivity contribution is 8.00. The van der Waals surface area contributed by atoms with Crippen LogP contribution in [0.25, 0.3) is 0 Å². The van der Waals surface area contributed by atoms with E-state index in [1.54, 1.807) is 13.2 Å². The van der Waals surface area contributed by atoms with Crippen LogP contribution in [-0.2, 0) is 4.79 Å². The van der Waals surface area contributed by atoms with Crippen molar-refractivity contribution in [3.8, 4) is 5.75 Å². The Hall–Kier alpha value is -2.71. The summed E-state index contributed by atoms with van der Waals surface area (Å²) < 4.78 is 7.07. The molecule has 4 rings (SSSR count). The lowest BCUT2D eigenvalue weighted by Gasteiger charge is -2.33. The van der Waals surface area contributed by atoms with Crippen molar-refractivity contribution < 1.29 is 9.53 Å². The van der Waals surface area contributed by atoms with Crippen LogP contribution in [-0.4, -0.2) is 33.1 Å². The fourth-order valence-electron chi connectivity index (χ4n) is 3.17. The molecule has 1 aliphatic heterocycles. The van der Waals surface area contributed by atoms with Crippen LogP contribution in [0.2, 0.25) is 5.02 Å². The first kappa shape index (κ1) is 19.6. The van der Waals surface area contributed by atoms with E-state index in [0.717, 1.165) is 22.7 Å². The van der Waals surface area contributed by atoms with Crippen molar-refractivity contribution in [1.29, 1.82) is 0 Å². The van der Waals surface area contributed by atoms with Gasteiger partial charge in [0.25, 0.3) is 0 Å². The summed E-state index contributed by atoms with van der Waals surface area (Å²) in [4.78, 5) is 13.3. The summed E-state index contributed by atoms with van der Waals surface area (Å²) in [6.07, 6.45) is 0. The Balaban J connectivity index is 1.67. The van der Waals surface area contributed by atoms with Crippen molar-refractivity contribution in [3.63, 3.8) is 0 Å². The second kappa shape index (κ2) is 7.96. The first-order chi connectivity index (χ1) is 14.0. The molecule has 2 atom stereocenters. The zero-order valence-corrected chi connectivity index (χ0v) is 17.7. The Morgan fingerprint density at radius 3 is 2.69 bits per heavy atom. The minimum absolute atomic E-state index is 0.138. The fourth-order valence-corrected chi connectivity index (χ4v) is 4.47. The number of benzene rings is 2. The number of aromatic nitrogens is 3. The number of nitrogens with one attached hydrogen (secondary N) is 2. The molecule has 2 N–H and O–H groups in total. The van der Waals surface area contributed by atoms with Gasteiger partial charge in [-0.1, -0.05) is 41.6 Å². The molecule has 0 spiro atoms. The summed E-state index contributed by atoms with van der Waals surface area (Å²) in [5, 5.41) is 12.1. The van der Waals surface area contributed by atoms with Gasteiger partial charge in [-0.15, -0.1) is 10.2 Å². The van der Waals surface area contributed by atoms with Crippen LogP contribution in [0.3, 0.4) is 0 Å². The fraction of sp³-hybridized carbons (Fsp3) is 0.250. The van der Waals surface area contributed by atoms with E-state index in [0.29, 0.717) is 15.9 Å². The molecule has 0 aliphatic carbocycles. The van der Waals surface area contributed by atoms with Gasteiger partial charge in [-0.2, -0.15) is 0 Å². The largest absolute Gasteiger partial charge is 0.497 e. The van der Waals surface area contributed by atoms with E-state index in [2.05, 4.69) is 20.9 Å². The van der Waals surface area contributed by atoms with Crippen LogP contribution >= 0.6 is 23.4 Å². The highest BCUT2D eigenvalue weighted by Gasteiger charge is 2.37. The molecule has 0 bridgehead atoms. The average Bonchev–Trinajstić information content (AvgIpc) is 3.10. The lowest BCUT2D eigenvalue weighted by atomic mass is 10.0. The highest BCUT2D eigenvalue weighted by atomic mass is 35.5. The Morgan fingerprint density at radius 1 is 1.21 bits per heavy atom. The third kappa shape index (κ3) is 3.77. The van der Waals surface area contributed by atoms with Crippen molar-refractivity contribution in [2.75, 3.05) is 17.9 Å². The first-order valence-electron chi connectivity index (χ1n) is 9.03. The summed E-state index contributed by atoms with van der Waals surface area (Å²) in [5.74, 6) is 1.35. The molecule has 0 saturated heterocycles. The lowest BCUT2D eigenvalue weighted by Crippen LogP contribution is -2.41. The second-order valence-corrected chi connectivity index (χ2v) is 8.20. The Bertz CT molecular complexity index is 1050. The number of anilines is 1. The standard InChI is InChI=1S/C20H20ClN5O2S/c1-11-15(21)5-4-6-16(11)22-19(27)18-17(13-7-9-14(28-3)10-8-13)25-26-12(2)23-24-20(26)29-18/h4-10,17-18,25H,1-3H3,(H,22,27)/t17-,18-/m1/s1. The molecule has 3 aromatic rings. The summed E-state index contributed by atoms with van der Waals surface area (Å²) in [5.41, 5.74) is 5.87. The SMILES string of the molecule is COc1ccc([C@H]2Nn3c(C)nnc3S[C@H]2C(=O)Nc2cccc(Cl)c2C)cc1. The molecule has 150 valence electrons. The molecule has 9 heteroatoms. The Morgan fingerprint density at radius 2 is 1.97 bits per heavy atom. The number of thioether (sulfide) groups is 1. The number of rotatable bonds is 4. The average molecular weight is 430 g/mol. The maximum atomic E-state index is 13.3. The number of carbonyl (C=O) groups is 1. The minimum Gasteiger partial charge on any atom is -0.497 e. The molecule has 1 aromatic heterocycles. The van der Waals surface area contributed by atoms with Crippen LogP contribution in [0, 0.1) is 13.8 Å². The van der Waals surface area contributed by atoms with Crippen molar-refractivity contribution in [1.82, 2.24) is 14.9 Å².